The Labute approximate surface area is 151 Å². The number of hydrogen-bond acceptors (Lipinski definition) is 5. The largest absolute Gasteiger partial charge is 0.445 e. The molecule has 7 heteroatoms. The molecule has 0 aromatic carbocycles. The highest BCUT2D eigenvalue weighted by molar-refractivity contribution is 5.76. The number of aryl methyl sites for hydroxylation is 1. The predicted octanol–water partition coefficient (Wildman–Crippen LogP) is 1.71. The Kier molecular flexibility index (Phi) is 4.88. The molecule has 2 aliphatic rings. The van der Waals surface area contributed by atoms with Crippen LogP contribution >= 0.6 is 0 Å². The van der Waals surface area contributed by atoms with Crippen LogP contribution in [0.4, 0.5) is 0 Å². The molecule has 0 N–H and O–H groups in total. The molecule has 0 atom stereocenters. The highest BCUT2D eigenvalue weighted by Crippen LogP contribution is 2.30. The van der Waals surface area contributed by atoms with Gasteiger partial charge in [-0.25, -0.2) is 4.98 Å². The van der Waals surface area contributed by atoms with Crippen molar-refractivity contribution >= 4 is 5.91 Å². The quantitative estimate of drug-likeness (QED) is 0.832. The second-order valence-corrected chi connectivity index (χ2v) is 6.86. The molecule has 138 valence electrons. The summed E-state index contributed by atoms with van der Waals surface area (Å²) in [5, 5.41) is 0. The van der Waals surface area contributed by atoms with E-state index in [0.29, 0.717) is 38.4 Å². The summed E-state index contributed by atoms with van der Waals surface area (Å²) in [6.07, 6.45) is 4.59. The molecule has 0 unspecified atom stereocenters. The van der Waals surface area contributed by atoms with Crippen molar-refractivity contribution in [3.8, 4) is 0 Å². The molecule has 1 saturated heterocycles. The fourth-order valence-corrected chi connectivity index (χ4v) is 3.57. The molecule has 0 saturated carbocycles. The van der Waals surface area contributed by atoms with Crippen LogP contribution in [-0.2, 0) is 29.0 Å². The zero-order valence-corrected chi connectivity index (χ0v) is 14.7. The summed E-state index contributed by atoms with van der Waals surface area (Å²) >= 11 is 0. The van der Waals surface area contributed by atoms with Crippen LogP contribution in [0.15, 0.2) is 33.6 Å². The Morgan fingerprint density at radius 3 is 2.92 bits per heavy atom. The predicted molar refractivity (Wildman–Crippen MR) is 93.7 cm³/mol. The lowest BCUT2D eigenvalue weighted by molar-refractivity contribution is -0.132. The highest BCUT2D eigenvalue weighted by atomic mass is 16.5. The third-order valence-electron chi connectivity index (χ3n) is 5.13. The molecule has 1 fully saturated rings. The number of amides is 1. The number of nitrogens with zero attached hydrogens (tertiary/aromatic N) is 3. The lowest BCUT2D eigenvalue weighted by Gasteiger charge is -2.25. The molecule has 4 rings (SSSR count). The van der Waals surface area contributed by atoms with Crippen molar-refractivity contribution in [1.82, 2.24) is 14.5 Å². The lowest BCUT2D eigenvalue weighted by atomic mass is 10.0. The van der Waals surface area contributed by atoms with Gasteiger partial charge in [-0.15, -0.1) is 0 Å². The van der Waals surface area contributed by atoms with Crippen molar-refractivity contribution in [3.63, 3.8) is 0 Å². The Hall–Kier alpha value is -2.41. The molecule has 0 radical (unpaired) electrons. The molecule has 1 amide bonds. The zero-order valence-electron chi connectivity index (χ0n) is 14.7. The van der Waals surface area contributed by atoms with Gasteiger partial charge < -0.3 is 18.6 Å². The maximum absolute atomic E-state index is 12.5. The number of pyridine rings is 1. The maximum Gasteiger partial charge on any atom is 0.250 e. The first-order valence-electron chi connectivity index (χ1n) is 9.20. The molecule has 4 heterocycles. The SMILES string of the molecule is O=C(CCn1ccccc1=O)N1CCc2oc(C3CCOCC3)nc2C1. The summed E-state index contributed by atoms with van der Waals surface area (Å²) in [6, 6.07) is 5.00. The fraction of sp³-hybridized carbons (Fsp3) is 0.526. The Bertz CT molecular complexity index is 835. The van der Waals surface area contributed by atoms with Crippen LogP contribution in [0.25, 0.3) is 0 Å². The van der Waals surface area contributed by atoms with Gasteiger partial charge in [-0.1, -0.05) is 6.07 Å². The third-order valence-corrected chi connectivity index (χ3v) is 5.13. The minimum atomic E-state index is -0.0844. The van der Waals surface area contributed by atoms with E-state index in [2.05, 4.69) is 4.98 Å². The number of hydrogen-bond donors (Lipinski definition) is 0. The third kappa shape index (κ3) is 3.58. The van der Waals surface area contributed by atoms with Crippen LogP contribution in [0.2, 0.25) is 0 Å². The number of oxazole rings is 1. The van der Waals surface area contributed by atoms with Gasteiger partial charge in [-0.2, -0.15) is 0 Å². The average molecular weight is 357 g/mol. The normalized spacial score (nSPS) is 17.9. The number of ether oxygens (including phenoxy) is 1. The molecule has 0 spiro atoms. The van der Waals surface area contributed by atoms with Crippen molar-refractivity contribution in [2.75, 3.05) is 19.8 Å². The molecule has 0 aliphatic carbocycles. The molecule has 2 aliphatic heterocycles. The summed E-state index contributed by atoms with van der Waals surface area (Å²) in [6.45, 7) is 3.03. The van der Waals surface area contributed by atoms with Gasteiger partial charge in [0.2, 0.25) is 5.91 Å². The number of fused-ring (bicyclic) bond motifs is 1. The summed E-state index contributed by atoms with van der Waals surface area (Å²) in [4.78, 5) is 30.7. The molecule has 0 bridgehead atoms. The van der Waals surface area contributed by atoms with E-state index in [0.717, 1.165) is 43.4 Å². The van der Waals surface area contributed by atoms with E-state index in [4.69, 9.17) is 9.15 Å². The van der Waals surface area contributed by atoms with E-state index in [9.17, 15) is 9.59 Å². The van der Waals surface area contributed by atoms with E-state index in [-0.39, 0.29) is 11.5 Å². The van der Waals surface area contributed by atoms with Crippen LogP contribution in [0.1, 0.15) is 42.5 Å². The van der Waals surface area contributed by atoms with Crippen LogP contribution in [-0.4, -0.2) is 40.1 Å². The Morgan fingerprint density at radius 1 is 1.27 bits per heavy atom. The summed E-state index contributed by atoms with van der Waals surface area (Å²) < 4.78 is 12.9. The van der Waals surface area contributed by atoms with E-state index in [1.54, 1.807) is 22.9 Å². The van der Waals surface area contributed by atoms with E-state index >= 15 is 0 Å². The summed E-state index contributed by atoms with van der Waals surface area (Å²) in [5.74, 6) is 2.07. The van der Waals surface area contributed by atoms with Crippen LogP contribution in [0.3, 0.4) is 0 Å². The van der Waals surface area contributed by atoms with E-state index in [1.165, 1.54) is 6.07 Å². The molecular formula is C19H23N3O4. The monoisotopic (exact) mass is 357 g/mol. The van der Waals surface area contributed by atoms with Crippen molar-refractivity contribution < 1.29 is 13.9 Å². The van der Waals surface area contributed by atoms with Crippen molar-refractivity contribution in [1.29, 1.82) is 0 Å². The minimum Gasteiger partial charge on any atom is -0.445 e. The molecule has 7 nitrogen and oxygen atoms in total. The second-order valence-electron chi connectivity index (χ2n) is 6.86. The Morgan fingerprint density at radius 2 is 2.12 bits per heavy atom. The van der Waals surface area contributed by atoms with E-state index < -0.39 is 0 Å². The van der Waals surface area contributed by atoms with Gasteiger partial charge in [-0.3, -0.25) is 9.59 Å². The highest BCUT2D eigenvalue weighted by Gasteiger charge is 2.28. The van der Waals surface area contributed by atoms with E-state index in [1.807, 2.05) is 4.90 Å². The fourth-order valence-electron chi connectivity index (χ4n) is 3.57. The van der Waals surface area contributed by atoms with Gasteiger partial charge in [0.15, 0.2) is 5.89 Å². The van der Waals surface area contributed by atoms with Gasteiger partial charge >= 0.3 is 0 Å². The molecular weight excluding hydrogens is 334 g/mol. The second kappa shape index (κ2) is 7.45. The van der Waals surface area contributed by atoms with Gasteiger partial charge in [0.1, 0.15) is 11.5 Å². The van der Waals surface area contributed by atoms with Crippen LogP contribution in [0.5, 0.6) is 0 Å². The topological polar surface area (TPSA) is 77.6 Å². The zero-order chi connectivity index (χ0) is 17.9. The number of carbonyl (C=O) groups is 1. The molecule has 26 heavy (non-hydrogen) atoms. The number of rotatable bonds is 4. The van der Waals surface area contributed by atoms with Crippen LogP contribution in [0, 0.1) is 0 Å². The van der Waals surface area contributed by atoms with Crippen molar-refractivity contribution in [2.24, 2.45) is 0 Å². The average Bonchev–Trinajstić information content (AvgIpc) is 3.11. The smallest absolute Gasteiger partial charge is 0.250 e. The maximum atomic E-state index is 12.5. The number of carbonyl (C=O) groups excluding carboxylic acids is 1. The van der Waals surface area contributed by atoms with Gasteiger partial charge in [0.05, 0.1) is 6.54 Å². The summed E-state index contributed by atoms with van der Waals surface area (Å²) in [7, 11) is 0. The first kappa shape index (κ1) is 17.0. The lowest BCUT2D eigenvalue weighted by Crippen LogP contribution is -2.36. The first-order valence-corrected chi connectivity index (χ1v) is 9.20. The van der Waals surface area contributed by atoms with Crippen molar-refractivity contribution in [2.45, 2.75) is 44.7 Å². The van der Waals surface area contributed by atoms with Gasteiger partial charge in [0.25, 0.3) is 5.56 Å². The van der Waals surface area contributed by atoms with Crippen molar-refractivity contribution in [3.05, 3.63) is 52.1 Å². The summed E-state index contributed by atoms with van der Waals surface area (Å²) in [5.41, 5.74) is 0.793. The molecule has 2 aromatic heterocycles. The van der Waals surface area contributed by atoms with Crippen LogP contribution < -0.4 is 5.56 Å². The molecule has 2 aromatic rings. The Balaban J connectivity index is 1.38. The first-order chi connectivity index (χ1) is 12.7. The van der Waals surface area contributed by atoms with Gasteiger partial charge in [-0.05, 0) is 18.9 Å². The van der Waals surface area contributed by atoms with Gasteiger partial charge in [0, 0.05) is 57.3 Å². The standard InChI is InChI=1S/C19H23N3O4/c23-17-3-1-2-8-21(17)10-5-18(24)22-9-4-16-15(13-22)20-19(26-16)14-6-11-25-12-7-14/h1-3,8,14H,4-7,9-13H2. The number of aromatic nitrogens is 2. The minimum absolute atomic E-state index is 0.0435.